The van der Waals surface area contributed by atoms with Gasteiger partial charge in [-0.05, 0) is 39.0 Å². The molecule has 2 aromatic rings. The molecule has 2 heterocycles. The largest absolute Gasteiger partial charge is 0.487 e. The van der Waals surface area contributed by atoms with Crippen molar-refractivity contribution in [1.82, 2.24) is 5.32 Å². The van der Waals surface area contributed by atoms with Crippen molar-refractivity contribution in [2.24, 2.45) is 0 Å². The molecule has 0 fully saturated rings. The summed E-state index contributed by atoms with van der Waals surface area (Å²) >= 11 is 0. The highest BCUT2D eigenvalue weighted by molar-refractivity contribution is 7.92. The van der Waals surface area contributed by atoms with Crippen LogP contribution < -0.4 is 23.8 Å². The summed E-state index contributed by atoms with van der Waals surface area (Å²) in [5, 5.41) is 3.00. The molecule has 2 aliphatic rings. The fraction of sp³-hybridized carbons (Fsp3) is 0.409. The summed E-state index contributed by atoms with van der Waals surface area (Å²) in [5.74, 6) is 1.18. The molecule has 0 saturated carbocycles. The predicted molar refractivity (Wildman–Crippen MR) is 116 cm³/mol. The van der Waals surface area contributed by atoms with Gasteiger partial charge in [-0.25, -0.2) is 8.42 Å². The van der Waals surface area contributed by atoms with Gasteiger partial charge < -0.3 is 19.5 Å². The monoisotopic (exact) mass is 446 g/mol. The Morgan fingerprint density at radius 3 is 2.65 bits per heavy atom. The second-order valence-corrected chi connectivity index (χ2v) is 10.4. The third kappa shape index (κ3) is 4.41. The molecule has 0 radical (unpaired) electrons. The van der Waals surface area contributed by atoms with E-state index in [1.165, 1.54) is 0 Å². The Labute approximate surface area is 182 Å². The lowest BCUT2D eigenvalue weighted by Crippen LogP contribution is -2.46. The van der Waals surface area contributed by atoms with Crippen LogP contribution in [0.1, 0.15) is 38.8 Å². The molecule has 8 nitrogen and oxygen atoms in total. The summed E-state index contributed by atoms with van der Waals surface area (Å²) in [6.07, 6.45) is 0.570. The highest BCUT2D eigenvalue weighted by Gasteiger charge is 2.35. The fourth-order valence-corrected chi connectivity index (χ4v) is 4.91. The van der Waals surface area contributed by atoms with Crippen LogP contribution in [0.3, 0.4) is 0 Å². The van der Waals surface area contributed by atoms with Gasteiger partial charge in [-0.2, -0.15) is 0 Å². The molecule has 1 atom stereocenters. The normalized spacial score (nSPS) is 18.6. The molecule has 1 unspecified atom stereocenters. The molecule has 4 rings (SSSR count). The molecule has 0 aliphatic carbocycles. The van der Waals surface area contributed by atoms with Crippen molar-refractivity contribution in [2.45, 2.75) is 38.8 Å². The second kappa shape index (κ2) is 7.96. The first-order valence-corrected chi connectivity index (χ1v) is 11.8. The summed E-state index contributed by atoms with van der Waals surface area (Å²) in [7, 11) is -3.70. The quantitative estimate of drug-likeness (QED) is 0.733. The first kappa shape index (κ1) is 21.3. The van der Waals surface area contributed by atoms with Gasteiger partial charge in [0, 0.05) is 18.1 Å². The maximum Gasteiger partial charge on any atom is 0.241 e. The van der Waals surface area contributed by atoms with Crippen molar-refractivity contribution in [1.29, 1.82) is 0 Å². The van der Waals surface area contributed by atoms with Crippen molar-refractivity contribution in [3.05, 3.63) is 48.0 Å². The van der Waals surface area contributed by atoms with Gasteiger partial charge in [-0.1, -0.05) is 18.2 Å². The Bertz CT molecular complexity index is 1100. The van der Waals surface area contributed by atoms with E-state index in [2.05, 4.69) is 5.32 Å². The Balaban J connectivity index is 1.58. The Morgan fingerprint density at radius 1 is 1.13 bits per heavy atom. The molecule has 0 bridgehead atoms. The number of hydrogen-bond donors (Lipinski definition) is 1. The highest BCUT2D eigenvalue weighted by Crippen LogP contribution is 2.39. The number of hydrogen-bond acceptors (Lipinski definition) is 6. The van der Waals surface area contributed by atoms with E-state index in [9.17, 15) is 13.2 Å². The topological polar surface area (TPSA) is 94.2 Å². The zero-order valence-corrected chi connectivity index (χ0v) is 18.6. The smallest absolute Gasteiger partial charge is 0.241 e. The van der Waals surface area contributed by atoms with Crippen molar-refractivity contribution < 1.29 is 27.4 Å². The lowest BCUT2D eigenvalue weighted by molar-refractivity contribution is -0.120. The third-order valence-corrected chi connectivity index (χ3v) is 7.08. The first-order chi connectivity index (χ1) is 14.7. The van der Waals surface area contributed by atoms with Crippen LogP contribution in [0, 0.1) is 0 Å². The van der Waals surface area contributed by atoms with Crippen LogP contribution in [0.4, 0.5) is 5.69 Å². The minimum absolute atomic E-state index is 0.0821. The van der Waals surface area contributed by atoms with Gasteiger partial charge in [0.2, 0.25) is 22.7 Å². The number of carbonyl (C=O) groups excluding carboxylic acids is 1. The van der Waals surface area contributed by atoms with Gasteiger partial charge in [-0.3, -0.25) is 9.10 Å². The zero-order valence-electron chi connectivity index (χ0n) is 17.8. The molecule has 1 N–H and O–H groups in total. The van der Waals surface area contributed by atoms with Gasteiger partial charge in [0.25, 0.3) is 0 Å². The van der Waals surface area contributed by atoms with Crippen LogP contribution in [0.15, 0.2) is 42.5 Å². The molecular weight excluding hydrogens is 420 g/mol. The van der Waals surface area contributed by atoms with E-state index in [1.54, 1.807) is 25.1 Å². The number of fused-ring (bicyclic) bond motifs is 2. The summed E-state index contributed by atoms with van der Waals surface area (Å²) < 4.78 is 43.4. The van der Waals surface area contributed by atoms with Gasteiger partial charge in [0.1, 0.15) is 17.9 Å². The van der Waals surface area contributed by atoms with E-state index in [0.717, 1.165) is 15.6 Å². The second-order valence-electron chi connectivity index (χ2n) is 8.17. The fourth-order valence-electron chi connectivity index (χ4n) is 3.85. The number of anilines is 1. The average Bonchev–Trinajstić information content (AvgIpc) is 3.19. The van der Waals surface area contributed by atoms with E-state index in [0.29, 0.717) is 23.6 Å². The van der Waals surface area contributed by atoms with Crippen LogP contribution in [0.5, 0.6) is 17.2 Å². The maximum atomic E-state index is 13.0. The molecule has 31 heavy (non-hydrogen) atoms. The molecule has 1 amide bonds. The number of nitrogens with zero attached hydrogens (tertiary/aromatic N) is 1. The first-order valence-electron chi connectivity index (χ1n) is 10.2. The number of benzene rings is 2. The van der Waals surface area contributed by atoms with Crippen LogP contribution >= 0.6 is 0 Å². The molecule has 2 aromatic carbocycles. The maximum absolute atomic E-state index is 13.0. The summed E-state index contributed by atoms with van der Waals surface area (Å²) in [6, 6.07) is 12.1. The SMILES string of the molecule is CCS(=O)(=O)N(CC(=O)NC1CC(C)(C)Oc2ccccc21)c1ccc2c(c1)OCO2. The van der Waals surface area contributed by atoms with E-state index in [1.807, 2.05) is 38.1 Å². The zero-order chi connectivity index (χ0) is 22.2. The van der Waals surface area contributed by atoms with E-state index in [4.69, 9.17) is 14.2 Å². The van der Waals surface area contributed by atoms with Gasteiger partial charge in [-0.15, -0.1) is 0 Å². The Hall–Kier alpha value is -2.94. The predicted octanol–water partition coefficient (Wildman–Crippen LogP) is 2.99. The summed E-state index contributed by atoms with van der Waals surface area (Å²) in [5.41, 5.74) is 0.774. The molecule has 9 heteroatoms. The van der Waals surface area contributed by atoms with E-state index < -0.39 is 21.5 Å². The van der Waals surface area contributed by atoms with Gasteiger partial charge in [0.05, 0.1) is 17.5 Å². The van der Waals surface area contributed by atoms with Gasteiger partial charge >= 0.3 is 0 Å². The lowest BCUT2D eigenvalue weighted by atomic mass is 9.89. The molecular formula is C22H26N2O6S. The standard InChI is InChI=1S/C22H26N2O6S/c1-4-31(26,27)24(15-9-10-19-20(11-15)29-14-28-19)13-21(25)23-17-12-22(2,3)30-18-8-6-5-7-16(17)18/h5-11,17H,4,12-14H2,1-3H3,(H,23,25). The Morgan fingerprint density at radius 2 is 1.87 bits per heavy atom. The van der Waals surface area contributed by atoms with E-state index in [-0.39, 0.29) is 25.1 Å². The number of carbonyl (C=O) groups is 1. The third-order valence-electron chi connectivity index (χ3n) is 5.34. The number of ether oxygens (including phenoxy) is 3. The minimum Gasteiger partial charge on any atom is -0.487 e. The van der Waals surface area contributed by atoms with Gasteiger partial charge in [0.15, 0.2) is 11.5 Å². The van der Waals surface area contributed by atoms with Crippen LogP contribution in [0.2, 0.25) is 0 Å². The van der Waals surface area contributed by atoms with Crippen LogP contribution in [-0.4, -0.2) is 39.0 Å². The van der Waals surface area contributed by atoms with Crippen molar-refractivity contribution >= 4 is 21.6 Å². The molecule has 0 aromatic heterocycles. The van der Waals surface area contributed by atoms with Crippen LogP contribution in [-0.2, 0) is 14.8 Å². The molecule has 2 aliphatic heterocycles. The lowest BCUT2D eigenvalue weighted by Gasteiger charge is -2.38. The Kier molecular flexibility index (Phi) is 5.47. The highest BCUT2D eigenvalue weighted by atomic mass is 32.2. The minimum atomic E-state index is -3.70. The van der Waals surface area contributed by atoms with Crippen LogP contribution in [0.25, 0.3) is 0 Å². The molecule has 0 spiro atoms. The number of sulfonamides is 1. The molecule has 166 valence electrons. The van der Waals surface area contributed by atoms with E-state index >= 15 is 0 Å². The average molecular weight is 447 g/mol. The summed E-state index contributed by atoms with van der Waals surface area (Å²) in [6.45, 7) is 5.21. The molecule has 0 saturated heterocycles. The number of para-hydroxylation sites is 1. The number of amides is 1. The van der Waals surface area contributed by atoms with Crippen molar-refractivity contribution in [3.63, 3.8) is 0 Å². The number of nitrogens with one attached hydrogen (secondary N) is 1. The summed E-state index contributed by atoms with van der Waals surface area (Å²) in [4.78, 5) is 13.0. The number of rotatable bonds is 6. The van der Waals surface area contributed by atoms with Crippen molar-refractivity contribution in [2.75, 3.05) is 23.4 Å². The van der Waals surface area contributed by atoms with Crippen molar-refractivity contribution in [3.8, 4) is 17.2 Å².